The van der Waals surface area contributed by atoms with Crippen LogP contribution in [0.3, 0.4) is 0 Å². The van der Waals surface area contributed by atoms with Crippen molar-refractivity contribution in [2.75, 3.05) is 0 Å². The fourth-order valence-corrected chi connectivity index (χ4v) is 1.84. The van der Waals surface area contributed by atoms with Crippen molar-refractivity contribution in [2.24, 2.45) is 5.41 Å². The molecule has 1 aromatic rings. The first-order valence-electron chi connectivity index (χ1n) is 5.74. The highest BCUT2D eigenvalue weighted by molar-refractivity contribution is 6.32. The Labute approximate surface area is 112 Å². The van der Waals surface area contributed by atoms with E-state index < -0.39 is 11.0 Å². The Morgan fingerprint density at radius 3 is 2.44 bits per heavy atom. The molecular formula is C13H18ClNO3. The van der Waals surface area contributed by atoms with Gasteiger partial charge in [0, 0.05) is 6.07 Å². The van der Waals surface area contributed by atoms with Crippen LogP contribution in [0, 0.1) is 22.5 Å². The van der Waals surface area contributed by atoms with Crippen molar-refractivity contribution in [3.63, 3.8) is 0 Å². The summed E-state index contributed by atoms with van der Waals surface area (Å²) in [7, 11) is 0. The summed E-state index contributed by atoms with van der Waals surface area (Å²) in [5, 5.41) is 20.9. The SMILES string of the molecule is Cc1cc([N+](=O)[O-])c(Cl)cc1CC(O)C(C)(C)C. The summed E-state index contributed by atoms with van der Waals surface area (Å²) in [5.41, 5.74) is 1.28. The van der Waals surface area contributed by atoms with Gasteiger partial charge in [-0.1, -0.05) is 32.4 Å². The van der Waals surface area contributed by atoms with Crippen LogP contribution >= 0.6 is 11.6 Å². The quantitative estimate of drug-likeness (QED) is 0.676. The molecule has 4 nitrogen and oxygen atoms in total. The number of nitrogens with zero attached hydrogens (tertiary/aromatic N) is 1. The second kappa shape index (κ2) is 5.24. The third-order valence-corrected chi connectivity index (χ3v) is 3.32. The lowest BCUT2D eigenvalue weighted by Crippen LogP contribution is -2.28. The van der Waals surface area contributed by atoms with Gasteiger partial charge in [-0.3, -0.25) is 10.1 Å². The topological polar surface area (TPSA) is 63.4 Å². The average Bonchev–Trinajstić information content (AvgIpc) is 2.21. The van der Waals surface area contributed by atoms with Gasteiger partial charge in [0.05, 0.1) is 11.0 Å². The van der Waals surface area contributed by atoms with Crippen LogP contribution in [0.2, 0.25) is 5.02 Å². The van der Waals surface area contributed by atoms with E-state index in [4.69, 9.17) is 11.6 Å². The molecular weight excluding hydrogens is 254 g/mol. The van der Waals surface area contributed by atoms with Crippen molar-refractivity contribution < 1.29 is 10.0 Å². The zero-order chi connectivity index (χ0) is 14.1. The molecule has 0 aromatic heterocycles. The lowest BCUT2D eigenvalue weighted by atomic mass is 9.84. The van der Waals surface area contributed by atoms with E-state index in [0.29, 0.717) is 6.42 Å². The summed E-state index contributed by atoms with van der Waals surface area (Å²) in [6.45, 7) is 7.62. The predicted molar refractivity (Wildman–Crippen MR) is 72.0 cm³/mol. The van der Waals surface area contributed by atoms with Crippen LogP contribution in [0.4, 0.5) is 5.69 Å². The highest BCUT2D eigenvalue weighted by Crippen LogP contribution is 2.30. The average molecular weight is 272 g/mol. The van der Waals surface area contributed by atoms with Crippen molar-refractivity contribution in [3.05, 3.63) is 38.4 Å². The molecule has 1 unspecified atom stereocenters. The standard InChI is InChI=1S/C13H18ClNO3/c1-8-5-11(15(17)18)10(14)6-9(8)7-12(16)13(2,3)4/h5-6,12,16H,7H2,1-4H3. The number of halogens is 1. The number of aryl methyl sites for hydroxylation is 1. The Bertz CT molecular complexity index is 466. The third kappa shape index (κ3) is 3.43. The Morgan fingerprint density at radius 2 is 2.00 bits per heavy atom. The van der Waals surface area contributed by atoms with E-state index in [1.165, 1.54) is 6.07 Å². The molecule has 1 atom stereocenters. The second-order valence-electron chi connectivity index (χ2n) is 5.57. The Balaban J connectivity index is 3.06. The van der Waals surface area contributed by atoms with Crippen molar-refractivity contribution in [1.29, 1.82) is 0 Å². The van der Waals surface area contributed by atoms with Gasteiger partial charge in [-0.05, 0) is 36.0 Å². The first kappa shape index (κ1) is 14.9. The van der Waals surface area contributed by atoms with Crippen LogP contribution in [0.15, 0.2) is 12.1 Å². The van der Waals surface area contributed by atoms with Gasteiger partial charge < -0.3 is 5.11 Å². The molecule has 1 rings (SSSR count). The number of benzene rings is 1. The van der Waals surface area contributed by atoms with Crippen LogP contribution in [-0.4, -0.2) is 16.1 Å². The van der Waals surface area contributed by atoms with Gasteiger partial charge in [-0.25, -0.2) is 0 Å². The van der Waals surface area contributed by atoms with E-state index in [0.717, 1.165) is 11.1 Å². The van der Waals surface area contributed by atoms with E-state index >= 15 is 0 Å². The van der Waals surface area contributed by atoms with Crippen LogP contribution in [0.25, 0.3) is 0 Å². The first-order chi connectivity index (χ1) is 8.12. The minimum atomic E-state index is -0.520. The molecule has 0 fully saturated rings. The van der Waals surface area contributed by atoms with E-state index in [9.17, 15) is 15.2 Å². The molecule has 0 aliphatic carbocycles. The number of aliphatic hydroxyl groups excluding tert-OH is 1. The van der Waals surface area contributed by atoms with E-state index in [1.54, 1.807) is 13.0 Å². The van der Waals surface area contributed by atoms with Crippen LogP contribution in [0.5, 0.6) is 0 Å². The molecule has 18 heavy (non-hydrogen) atoms. The molecule has 1 N–H and O–H groups in total. The van der Waals surface area contributed by atoms with Crippen molar-refractivity contribution in [2.45, 2.75) is 40.2 Å². The zero-order valence-corrected chi connectivity index (χ0v) is 11.8. The third-order valence-electron chi connectivity index (χ3n) is 3.02. The summed E-state index contributed by atoms with van der Waals surface area (Å²) in [6.07, 6.45) is -0.0822. The van der Waals surface area contributed by atoms with E-state index in [2.05, 4.69) is 0 Å². The molecule has 0 radical (unpaired) electrons. The molecule has 0 aliphatic rings. The number of nitro benzene ring substituents is 1. The summed E-state index contributed by atoms with van der Waals surface area (Å²) >= 11 is 5.87. The summed E-state index contributed by atoms with van der Waals surface area (Å²) in [4.78, 5) is 10.2. The van der Waals surface area contributed by atoms with Crippen LogP contribution in [-0.2, 0) is 6.42 Å². The number of rotatable bonds is 3. The van der Waals surface area contributed by atoms with Gasteiger partial charge in [0.1, 0.15) is 5.02 Å². The number of hydrogen-bond donors (Lipinski definition) is 1. The normalized spacial score (nSPS) is 13.4. The lowest BCUT2D eigenvalue weighted by Gasteiger charge is -2.26. The molecule has 5 heteroatoms. The summed E-state index contributed by atoms with van der Waals surface area (Å²) < 4.78 is 0. The number of nitro groups is 1. The van der Waals surface area contributed by atoms with Gasteiger partial charge in [-0.2, -0.15) is 0 Å². The van der Waals surface area contributed by atoms with Crippen molar-refractivity contribution in [1.82, 2.24) is 0 Å². The molecule has 1 aromatic carbocycles. The fourth-order valence-electron chi connectivity index (χ4n) is 1.58. The van der Waals surface area contributed by atoms with Crippen molar-refractivity contribution in [3.8, 4) is 0 Å². The monoisotopic (exact) mass is 271 g/mol. The highest BCUT2D eigenvalue weighted by atomic mass is 35.5. The van der Waals surface area contributed by atoms with Gasteiger partial charge in [0.2, 0.25) is 0 Å². The van der Waals surface area contributed by atoms with E-state index in [-0.39, 0.29) is 16.1 Å². The number of hydrogen-bond acceptors (Lipinski definition) is 3. The molecule has 0 aliphatic heterocycles. The lowest BCUT2D eigenvalue weighted by molar-refractivity contribution is -0.384. The van der Waals surface area contributed by atoms with Gasteiger partial charge in [0.15, 0.2) is 0 Å². The molecule has 0 amide bonds. The smallest absolute Gasteiger partial charge is 0.288 e. The zero-order valence-electron chi connectivity index (χ0n) is 11.0. The minimum Gasteiger partial charge on any atom is -0.392 e. The molecule has 100 valence electrons. The summed E-state index contributed by atoms with van der Waals surface area (Å²) in [5.74, 6) is 0. The Kier molecular flexibility index (Phi) is 4.35. The fraction of sp³-hybridized carbons (Fsp3) is 0.538. The maximum atomic E-state index is 10.7. The molecule has 0 heterocycles. The number of aliphatic hydroxyl groups is 1. The maximum Gasteiger partial charge on any atom is 0.288 e. The summed E-state index contributed by atoms with van der Waals surface area (Å²) in [6, 6.07) is 3.02. The first-order valence-corrected chi connectivity index (χ1v) is 6.12. The second-order valence-corrected chi connectivity index (χ2v) is 5.98. The molecule has 0 bridgehead atoms. The Morgan fingerprint density at radius 1 is 1.44 bits per heavy atom. The largest absolute Gasteiger partial charge is 0.392 e. The highest BCUT2D eigenvalue weighted by Gasteiger charge is 2.24. The maximum absolute atomic E-state index is 10.7. The van der Waals surface area contributed by atoms with Crippen LogP contribution in [0.1, 0.15) is 31.9 Å². The van der Waals surface area contributed by atoms with E-state index in [1.807, 2.05) is 20.8 Å². The molecule has 0 saturated carbocycles. The van der Waals surface area contributed by atoms with Crippen molar-refractivity contribution >= 4 is 17.3 Å². The molecule has 0 spiro atoms. The van der Waals surface area contributed by atoms with Gasteiger partial charge in [0.25, 0.3) is 5.69 Å². The molecule has 0 saturated heterocycles. The minimum absolute atomic E-state index is 0.0943. The Hall–Kier alpha value is -1.13. The van der Waals surface area contributed by atoms with Crippen LogP contribution < -0.4 is 0 Å². The van der Waals surface area contributed by atoms with Gasteiger partial charge >= 0.3 is 0 Å². The predicted octanol–water partition coefficient (Wildman–Crippen LogP) is 3.51. The van der Waals surface area contributed by atoms with Gasteiger partial charge in [-0.15, -0.1) is 0 Å².